The summed E-state index contributed by atoms with van der Waals surface area (Å²) >= 11 is 10.4. The number of nitrogens with zero attached hydrogens (tertiary/aromatic N) is 1. The molecule has 0 radical (unpaired) electrons. The number of benzene rings is 1. The molecule has 3 rings (SSSR count). The summed E-state index contributed by atoms with van der Waals surface area (Å²) in [6.45, 7) is 7.64. The fraction of sp³-hybridized carbons (Fsp3) is 0.529. The second-order valence-corrected chi connectivity index (χ2v) is 10.5. The van der Waals surface area contributed by atoms with Gasteiger partial charge in [0.1, 0.15) is 5.75 Å². The third-order valence-corrected chi connectivity index (χ3v) is 8.90. The summed E-state index contributed by atoms with van der Waals surface area (Å²) < 4.78 is 48.3. The number of phosphoric ester groups is 1. The van der Waals surface area contributed by atoms with Crippen LogP contribution < -0.4 is 15.4 Å². The number of fused-ring (bicyclic) bond motifs is 10. The highest BCUT2D eigenvalue weighted by atomic mass is 32.1. The maximum absolute atomic E-state index is 13.5. The molecule has 0 fully saturated rings. The zero-order valence-corrected chi connectivity index (χ0v) is 21.4. The largest absolute Gasteiger partial charge is 0.538 e. The van der Waals surface area contributed by atoms with Crippen LogP contribution in [0.4, 0.5) is 11.4 Å². The van der Waals surface area contributed by atoms with Crippen molar-refractivity contribution in [2.75, 3.05) is 30.8 Å². The van der Waals surface area contributed by atoms with E-state index in [1.54, 1.807) is 19.9 Å². The van der Waals surface area contributed by atoms with Crippen molar-refractivity contribution in [3.8, 4) is 5.75 Å². The summed E-state index contributed by atoms with van der Waals surface area (Å²) in [6, 6.07) is 1.75. The Labute approximate surface area is 192 Å². The highest BCUT2D eigenvalue weighted by molar-refractivity contribution is 7.81. The van der Waals surface area contributed by atoms with E-state index in [1.165, 1.54) is 11.8 Å². The van der Waals surface area contributed by atoms with Gasteiger partial charge in [0.2, 0.25) is 0 Å². The van der Waals surface area contributed by atoms with Gasteiger partial charge in [-0.15, -0.1) is 0 Å². The maximum Gasteiger partial charge on any atom is 0.538 e. The van der Waals surface area contributed by atoms with Crippen molar-refractivity contribution in [3.05, 3.63) is 17.2 Å². The molecule has 2 unspecified atom stereocenters. The average molecular weight is 511 g/mol. The molecule has 174 valence electrons. The molecule has 0 amide bonds. The number of hydrogen-bond donors (Lipinski definition) is 3. The Kier molecular flexibility index (Phi) is 8.86. The van der Waals surface area contributed by atoms with Crippen LogP contribution in [0.15, 0.2) is 6.07 Å². The highest BCUT2D eigenvalue weighted by Crippen LogP contribution is 2.65. The van der Waals surface area contributed by atoms with Crippen LogP contribution in [-0.2, 0) is 35.3 Å². The molecule has 0 aliphatic carbocycles. The number of hydrogen-bond acceptors (Lipinski definition) is 8. The highest BCUT2D eigenvalue weighted by Gasteiger charge is 2.44. The molecule has 1 aromatic carbocycles. The number of methoxy groups -OCH3 is 1. The molecule has 2 bridgehead atoms. The van der Waals surface area contributed by atoms with Gasteiger partial charge in [0, 0.05) is 18.7 Å². The molecule has 2 atom stereocenters. The van der Waals surface area contributed by atoms with Gasteiger partial charge < -0.3 is 24.4 Å². The molecule has 2 heterocycles. The lowest BCUT2D eigenvalue weighted by Crippen LogP contribution is -2.26. The van der Waals surface area contributed by atoms with E-state index in [1.807, 2.05) is 13.8 Å². The lowest BCUT2D eigenvalue weighted by Gasteiger charge is -2.29. The van der Waals surface area contributed by atoms with Crippen LogP contribution in [0.1, 0.15) is 38.8 Å². The second-order valence-electron chi connectivity index (χ2n) is 6.34. The first kappa shape index (κ1) is 26.0. The summed E-state index contributed by atoms with van der Waals surface area (Å²) in [6.07, 6.45) is 1.15. The van der Waals surface area contributed by atoms with Gasteiger partial charge in [0.15, 0.2) is 0 Å². The molecule has 14 heteroatoms. The van der Waals surface area contributed by atoms with Crippen molar-refractivity contribution in [1.29, 1.82) is 0 Å². The van der Waals surface area contributed by atoms with Gasteiger partial charge in [0.05, 0.1) is 18.5 Å². The first-order valence-corrected chi connectivity index (χ1v) is 13.5. The number of ether oxygens (including phenoxy) is 1. The van der Waals surface area contributed by atoms with Crippen molar-refractivity contribution in [2.45, 2.75) is 40.5 Å². The van der Waals surface area contributed by atoms with Crippen molar-refractivity contribution in [1.82, 2.24) is 4.67 Å². The Morgan fingerprint density at radius 1 is 1.06 bits per heavy atom. The summed E-state index contributed by atoms with van der Waals surface area (Å²) in [5, 5.41) is 4.98. The third kappa shape index (κ3) is 5.96. The maximum atomic E-state index is 13.5. The lowest BCUT2D eigenvalue weighted by atomic mass is 10.00. The monoisotopic (exact) mass is 511 g/mol. The summed E-state index contributed by atoms with van der Waals surface area (Å²) in [4.78, 5) is 10.2. The van der Waals surface area contributed by atoms with Crippen LogP contribution >= 0.6 is 40.0 Å². The molecule has 0 spiro atoms. The molecule has 2 aliphatic heterocycles. The first-order valence-electron chi connectivity index (χ1n) is 9.67. The first-order chi connectivity index (χ1) is 14.5. The van der Waals surface area contributed by atoms with E-state index >= 15 is 0 Å². The van der Waals surface area contributed by atoms with Gasteiger partial charge in [-0.25, -0.2) is 9.13 Å². The number of rotatable bonds is 6. The zero-order valence-electron chi connectivity index (χ0n) is 18.0. The van der Waals surface area contributed by atoms with Crippen molar-refractivity contribution in [2.24, 2.45) is 0 Å². The predicted molar refractivity (Wildman–Crippen MR) is 128 cm³/mol. The smallest absolute Gasteiger partial charge is 0.494 e. The summed E-state index contributed by atoms with van der Waals surface area (Å²) in [5.74, 6) is 0.441. The Morgan fingerprint density at radius 3 is 2.19 bits per heavy atom. The number of aryl methyl sites for hydroxylation is 1. The number of thiocarbonyl (C=S) groups is 2. The van der Waals surface area contributed by atoms with E-state index in [-0.39, 0.29) is 18.3 Å². The normalized spacial score (nSPS) is 24.2. The van der Waals surface area contributed by atoms with Gasteiger partial charge in [-0.2, -0.15) is 8.98 Å². The second kappa shape index (κ2) is 10.6. The van der Waals surface area contributed by atoms with Gasteiger partial charge in [-0.3, -0.25) is 4.89 Å². The minimum Gasteiger partial charge on any atom is -0.494 e. The number of anilines is 2. The van der Waals surface area contributed by atoms with E-state index in [4.69, 9.17) is 42.5 Å². The Balaban J connectivity index is 2.71. The molecule has 10 nitrogen and oxygen atoms in total. The van der Waals surface area contributed by atoms with Crippen LogP contribution in [0.5, 0.6) is 5.75 Å². The van der Waals surface area contributed by atoms with Crippen LogP contribution in [0.3, 0.4) is 0 Å². The molecule has 0 saturated heterocycles. The molecule has 31 heavy (non-hydrogen) atoms. The molecule has 0 saturated carbocycles. The van der Waals surface area contributed by atoms with E-state index in [2.05, 4.69) is 10.6 Å². The molecular weight excluding hydrogens is 484 g/mol. The Bertz CT molecular complexity index is 956. The minimum absolute atomic E-state index is 0.196. The van der Waals surface area contributed by atoms with Crippen molar-refractivity contribution in [3.63, 3.8) is 0 Å². The van der Waals surface area contributed by atoms with Crippen LogP contribution in [0, 0.1) is 0 Å². The summed E-state index contributed by atoms with van der Waals surface area (Å²) in [7, 11) is -7.84. The molecule has 0 aromatic heterocycles. The van der Waals surface area contributed by atoms with Crippen LogP contribution in [-0.4, -0.2) is 40.1 Å². The fourth-order valence-electron chi connectivity index (χ4n) is 3.19. The molecule has 3 N–H and O–H groups in total. The van der Waals surface area contributed by atoms with Gasteiger partial charge in [0.25, 0.3) is 10.3 Å². The Morgan fingerprint density at radius 2 is 1.68 bits per heavy atom. The van der Waals surface area contributed by atoms with Crippen molar-refractivity contribution >= 4 is 61.7 Å². The molecule has 2 aliphatic rings. The van der Waals surface area contributed by atoms with Crippen LogP contribution in [0.2, 0.25) is 0 Å². The predicted octanol–water partition coefficient (Wildman–Crippen LogP) is 4.83. The van der Waals surface area contributed by atoms with E-state index in [0.717, 1.165) is 11.1 Å². The van der Waals surface area contributed by atoms with Crippen molar-refractivity contribution < 1.29 is 32.1 Å². The Hall–Kier alpha value is -1.26. The SMILES string of the molecule is CCc1cc2c(OC)c(CC)c1NC(=S)OP(=O)(N(CC)CC)OP(=O)(O)OC(=S)N2. The molecular formula is C17H27N3O7P2S2. The minimum atomic E-state index is -4.95. The summed E-state index contributed by atoms with van der Waals surface area (Å²) in [5.41, 5.74) is 2.65. The average Bonchev–Trinajstić information content (AvgIpc) is 2.67. The van der Waals surface area contributed by atoms with E-state index < -0.39 is 20.7 Å². The molecule has 1 aromatic rings. The zero-order chi connectivity index (χ0) is 23.4. The quantitative estimate of drug-likeness (QED) is 0.359. The number of nitrogens with one attached hydrogen (secondary N) is 2. The number of phosphoric acid groups is 1. The fourth-order valence-corrected chi connectivity index (χ4v) is 7.01. The van der Waals surface area contributed by atoms with Crippen LogP contribution in [0.25, 0.3) is 0 Å². The van der Waals surface area contributed by atoms with Gasteiger partial charge >= 0.3 is 15.6 Å². The standard InChI is InChI=1S/C17H27N3O7P2S2/c1-6-11-10-13-15(24-5)12(7-2)14(11)19-17(31)25-28(21,20(8-3)9-4)27-29(22,23)26-16(30)18-13/h10H,6-9H2,1-5H3,(H,18,30)(H,19,31)(H,22,23). The van der Waals surface area contributed by atoms with Gasteiger partial charge in [-0.1, -0.05) is 27.7 Å². The topological polar surface area (TPSA) is 119 Å². The lowest BCUT2D eigenvalue weighted by molar-refractivity contribution is 0.236. The van der Waals surface area contributed by atoms with E-state index in [9.17, 15) is 14.0 Å². The van der Waals surface area contributed by atoms with Gasteiger partial charge in [-0.05, 0) is 48.9 Å². The third-order valence-electron chi connectivity index (χ3n) is 4.54. The van der Waals surface area contributed by atoms with E-state index in [0.29, 0.717) is 30.0 Å².